The third kappa shape index (κ3) is 2.99. The Hall–Kier alpha value is -1.32. The van der Waals surface area contributed by atoms with Gasteiger partial charge in [0.2, 0.25) is 0 Å². The number of fused-ring (bicyclic) bond motifs is 1. The summed E-state index contributed by atoms with van der Waals surface area (Å²) in [4.78, 5) is 0. The van der Waals surface area contributed by atoms with Crippen LogP contribution in [0.4, 0.5) is 0 Å². The first kappa shape index (κ1) is 14.6. The first-order chi connectivity index (χ1) is 10.3. The molecule has 1 aromatic heterocycles. The summed E-state index contributed by atoms with van der Waals surface area (Å²) in [5, 5.41) is 1.14. The fourth-order valence-corrected chi connectivity index (χ4v) is 3.52. The van der Waals surface area contributed by atoms with E-state index in [1.165, 1.54) is 32.1 Å². The smallest absolute Gasteiger partial charge is 0.134 e. The van der Waals surface area contributed by atoms with Gasteiger partial charge in [-0.2, -0.15) is 0 Å². The summed E-state index contributed by atoms with van der Waals surface area (Å²) in [6, 6.07) is 8.12. The molecule has 3 rings (SSSR count). The standard InChI is InChI=1S/C18H25NO2/c1-2-13-7-3-5-9-16(13)20-12-15-14-8-4-6-10-17(14)21-18(15)11-19/h4,6,8,10,13,16H,2-3,5,7,9,11-12,19H2,1H3. The molecule has 1 aliphatic rings. The van der Waals surface area contributed by atoms with Crippen LogP contribution in [0.1, 0.15) is 50.4 Å². The predicted molar refractivity (Wildman–Crippen MR) is 84.9 cm³/mol. The minimum atomic E-state index is 0.392. The van der Waals surface area contributed by atoms with E-state index in [1.54, 1.807) is 0 Å². The van der Waals surface area contributed by atoms with Gasteiger partial charge in [0.15, 0.2) is 0 Å². The summed E-state index contributed by atoms with van der Waals surface area (Å²) < 4.78 is 12.1. The summed E-state index contributed by atoms with van der Waals surface area (Å²) in [5.74, 6) is 1.57. The molecule has 2 unspecified atom stereocenters. The van der Waals surface area contributed by atoms with E-state index in [0.29, 0.717) is 25.2 Å². The maximum Gasteiger partial charge on any atom is 0.134 e. The van der Waals surface area contributed by atoms with Crippen LogP contribution in [0, 0.1) is 5.92 Å². The van der Waals surface area contributed by atoms with E-state index in [2.05, 4.69) is 13.0 Å². The highest BCUT2D eigenvalue weighted by Crippen LogP contribution is 2.32. The zero-order valence-corrected chi connectivity index (χ0v) is 12.8. The van der Waals surface area contributed by atoms with E-state index in [9.17, 15) is 0 Å². The first-order valence-corrected chi connectivity index (χ1v) is 8.14. The zero-order valence-electron chi connectivity index (χ0n) is 12.8. The second-order valence-corrected chi connectivity index (χ2v) is 6.01. The van der Waals surface area contributed by atoms with Crippen LogP contribution in [0.5, 0.6) is 0 Å². The van der Waals surface area contributed by atoms with Gasteiger partial charge in [-0.1, -0.05) is 44.4 Å². The predicted octanol–water partition coefficient (Wildman–Crippen LogP) is 4.38. The quantitative estimate of drug-likeness (QED) is 0.888. The molecular weight excluding hydrogens is 262 g/mol. The van der Waals surface area contributed by atoms with E-state index in [1.807, 2.05) is 18.2 Å². The van der Waals surface area contributed by atoms with Gasteiger partial charge in [-0.05, 0) is 24.8 Å². The number of hydrogen-bond donors (Lipinski definition) is 1. The number of rotatable bonds is 5. The highest BCUT2D eigenvalue weighted by Gasteiger charge is 2.25. The zero-order chi connectivity index (χ0) is 14.7. The van der Waals surface area contributed by atoms with Crippen molar-refractivity contribution in [3.63, 3.8) is 0 Å². The van der Waals surface area contributed by atoms with Gasteiger partial charge >= 0.3 is 0 Å². The number of para-hydroxylation sites is 1. The van der Waals surface area contributed by atoms with Gasteiger partial charge in [-0.25, -0.2) is 0 Å². The van der Waals surface area contributed by atoms with Crippen LogP contribution in [-0.2, 0) is 17.9 Å². The molecule has 0 bridgehead atoms. The molecule has 1 aromatic carbocycles. The lowest BCUT2D eigenvalue weighted by atomic mass is 9.85. The van der Waals surface area contributed by atoms with Gasteiger partial charge in [0.1, 0.15) is 11.3 Å². The monoisotopic (exact) mass is 287 g/mol. The fourth-order valence-electron chi connectivity index (χ4n) is 3.52. The Kier molecular flexibility index (Phi) is 4.61. The second-order valence-electron chi connectivity index (χ2n) is 6.01. The number of hydrogen-bond acceptors (Lipinski definition) is 3. The fraction of sp³-hybridized carbons (Fsp3) is 0.556. The minimum Gasteiger partial charge on any atom is -0.459 e. The number of nitrogens with two attached hydrogens (primary N) is 1. The van der Waals surface area contributed by atoms with E-state index in [0.717, 1.165) is 22.3 Å². The lowest BCUT2D eigenvalue weighted by molar-refractivity contribution is -0.0222. The lowest BCUT2D eigenvalue weighted by Crippen LogP contribution is -2.27. The van der Waals surface area contributed by atoms with Crippen molar-refractivity contribution in [2.24, 2.45) is 11.7 Å². The third-order valence-corrected chi connectivity index (χ3v) is 4.77. The molecule has 0 radical (unpaired) electrons. The topological polar surface area (TPSA) is 48.4 Å². The van der Waals surface area contributed by atoms with Crippen molar-refractivity contribution >= 4 is 11.0 Å². The molecule has 3 nitrogen and oxygen atoms in total. The van der Waals surface area contributed by atoms with Crippen LogP contribution < -0.4 is 5.73 Å². The van der Waals surface area contributed by atoms with E-state index < -0.39 is 0 Å². The average Bonchev–Trinajstić information content (AvgIpc) is 2.91. The van der Waals surface area contributed by atoms with Crippen molar-refractivity contribution < 1.29 is 9.15 Å². The van der Waals surface area contributed by atoms with Gasteiger partial charge in [0.05, 0.1) is 19.3 Å². The molecule has 114 valence electrons. The van der Waals surface area contributed by atoms with E-state index in [4.69, 9.17) is 14.9 Å². The van der Waals surface area contributed by atoms with E-state index >= 15 is 0 Å². The summed E-state index contributed by atoms with van der Waals surface area (Å²) >= 11 is 0. The van der Waals surface area contributed by atoms with Crippen molar-refractivity contribution in [3.05, 3.63) is 35.6 Å². The molecule has 1 heterocycles. The molecule has 0 spiro atoms. The number of ether oxygens (including phenoxy) is 1. The van der Waals surface area contributed by atoms with Crippen LogP contribution in [0.15, 0.2) is 28.7 Å². The third-order valence-electron chi connectivity index (χ3n) is 4.77. The largest absolute Gasteiger partial charge is 0.459 e. The Morgan fingerprint density at radius 3 is 2.86 bits per heavy atom. The summed E-state index contributed by atoms with van der Waals surface area (Å²) in [5.41, 5.74) is 7.87. The Labute approximate surface area is 126 Å². The average molecular weight is 287 g/mol. The van der Waals surface area contributed by atoms with Crippen molar-refractivity contribution in [1.29, 1.82) is 0 Å². The Morgan fingerprint density at radius 2 is 2.05 bits per heavy atom. The van der Waals surface area contributed by atoms with Crippen molar-refractivity contribution in [1.82, 2.24) is 0 Å². The molecule has 0 saturated heterocycles. The van der Waals surface area contributed by atoms with Crippen LogP contribution in [0.3, 0.4) is 0 Å². The van der Waals surface area contributed by atoms with Gasteiger partial charge in [-0.15, -0.1) is 0 Å². The molecule has 1 aliphatic carbocycles. The normalized spacial score (nSPS) is 22.8. The van der Waals surface area contributed by atoms with E-state index in [-0.39, 0.29) is 0 Å². The molecule has 2 N–H and O–H groups in total. The molecule has 21 heavy (non-hydrogen) atoms. The van der Waals surface area contributed by atoms with Gasteiger partial charge in [-0.3, -0.25) is 0 Å². The first-order valence-electron chi connectivity index (χ1n) is 8.14. The summed E-state index contributed by atoms with van der Waals surface area (Å²) in [6.07, 6.45) is 6.73. The summed E-state index contributed by atoms with van der Waals surface area (Å²) in [7, 11) is 0. The van der Waals surface area contributed by atoms with Crippen molar-refractivity contribution in [2.75, 3.05) is 0 Å². The van der Waals surface area contributed by atoms with Crippen LogP contribution >= 0.6 is 0 Å². The molecule has 0 amide bonds. The summed E-state index contributed by atoms with van der Waals surface area (Å²) in [6.45, 7) is 3.31. The van der Waals surface area contributed by atoms with Gasteiger partial charge < -0.3 is 14.9 Å². The van der Waals surface area contributed by atoms with Crippen molar-refractivity contribution in [2.45, 2.75) is 58.3 Å². The van der Waals surface area contributed by atoms with Crippen molar-refractivity contribution in [3.8, 4) is 0 Å². The highest BCUT2D eigenvalue weighted by atomic mass is 16.5. The molecule has 1 fully saturated rings. The van der Waals surface area contributed by atoms with Crippen LogP contribution in [-0.4, -0.2) is 6.10 Å². The Morgan fingerprint density at radius 1 is 1.24 bits per heavy atom. The van der Waals surface area contributed by atoms with Crippen LogP contribution in [0.25, 0.3) is 11.0 Å². The molecule has 2 aromatic rings. The number of benzene rings is 1. The SMILES string of the molecule is CCC1CCCCC1OCc1c(CN)oc2ccccc12. The molecule has 0 aliphatic heterocycles. The van der Waals surface area contributed by atoms with Gasteiger partial charge in [0, 0.05) is 10.9 Å². The Balaban J connectivity index is 1.78. The number of furan rings is 1. The molecule has 1 saturated carbocycles. The Bertz CT molecular complexity index is 590. The molecular formula is C18H25NO2. The second kappa shape index (κ2) is 6.63. The maximum atomic E-state index is 6.27. The molecule has 2 atom stereocenters. The minimum absolute atomic E-state index is 0.392. The molecule has 3 heteroatoms. The van der Waals surface area contributed by atoms with Gasteiger partial charge in [0.25, 0.3) is 0 Å². The highest BCUT2D eigenvalue weighted by molar-refractivity contribution is 5.82. The van der Waals surface area contributed by atoms with Crippen LogP contribution in [0.2, 0.25) is 0 Å². The maximum absolute atomic E-state index is 6.27. The lowest BCUT2D eigenvalue weighted by Gasteiger charge is -2.30.